The van der Waals surface area contributed by atoms with Crippen LogP contribution in [-0.2, 0) is 6.18 Å². The van der Waals surface area contributed by atoms with Gasteiger partial charge in [-0.05, 0) is 18.2 Å². The molecule has 0 saturated carbocycles. The lowest BCUT2D eigenvalue weighted by Crippen LogP contribution is -2.30. The highest BCUT2D eigenvalue weighted by Crippen LogP contribution is 2.41. The number of nitrogens with zero attached hydrogens (tertiary/aromatic N) is 2. The van der Waals surface area contributed by atoms with Crippen LogP contribution in [-0.4, -0.2) is 28.1 Å². The molecule has 1 aromatic heterocycles. The molecule has 1 aliphatic heterocycles. The number of hydrogen-bond acceptors (Lipinski definition) is 3. The summed E-state index contributed by atoms with van der Waals surface area (Å²) < 4.78 is 37.7. The second kappa shape index (κ2) is 6.64. The van der Waals surface area contributed by atoms with Crippen molar-refractivity contribution in [2.45, 2.75) is 11.6 Å². The Morgan fingerprint density at radius 2 is 2.00 bits per heavy atom. The third kappa shape index (κ3) is 3.37. The Hall–Kier alpha value is -1.73. The topological polar surface area (TPSA) is 33.2 Å². The van der Waals surface area contributed by atoms with E-state index in [9.17, 15) is 18.0 Å². The minimum Gasteiger partial charge on any atom is -0.322 e. The van der Waals surface area contributed by atoms with Crippen LogP contribution in [0.15, 0.2) is 42.6 Å². The van der Waals surface area contributed by atoms with Crippen molar-refractivity contribution in [3.8, 4) is 0 Å². The number of amides is 1. The Bertz CT molecular complexity index is 752. The average Bonchev–Trinajstić information content (AvgIpc) is 3.03. The molecule has 1 aromatic carbocycles. The first kappa shape index (κ1) is 17.1. The van der Waals surface area contributed by atoms with Crippen molar-refractivity contribution in [1.82, 2.24) is 9.88 Å². The summed E-state index contributed by atoms with van der Waals surface area (Å²) in [6.07, 6.45) is -3.55. The van der Waals surface area contributed by atoms with Crippen LogP contribution in [0.1, 0.15) is 27.0 Å². The predicted molar refractivity (Wildman–Crippen MR) is 86.9 cm³/mol. The summed E-state index contributed by atoms with van der Waals surface area (Å²) in [4.78, 5) is 17.6. The smallest absolute Gasteiger partial charge is 0.322 e. The quantitative estimate of drug-likeness (QED) is 0.769. The molecule has 0 bridgehead atoms. The van der Waals surface area contributed by atoms with E-state index in [2.05, 4.69) is 4.98 Å². The van der Waals surface area contributed by atoms with Gasteiger partial charge in [0.25, 0.3) is 5.91 Å². The van der Waals surface area contributed by atoms with E-state index in [1.807, 2.05) is 12.1 Å². The fraction of sp³-hybridized carbons (Fsp3) is 0.250. The van der Waals surface area contributed by atoms with E-state index in [0.717, 1.165) is 29.6 Å². The van der Waals surface area contributed by atoms with Crippen LogP contribution in [0.3, 0.4) is 0 Å². The van der Waals surface area contributed by atoms with Crippen LogP contribution in [0, 0.1) is 0 Å². The molecule has 1 atom stereocenters. The minimum absolute atomic E-state index is 0.127. The third-order valence-electron chi connectivity index (χ3n) is 3.62. The number of alkyl halides is 3. The SMILES string of the molecule is O=C(c1ccc(C(F)(F)F)nc1)N1CCSC1c1ccccc1Cl. The first-order chi connectivity index (χ1) is 11.4. The van der Waals surface area contributed by atoms with Crippen molar-refractivity contribution >= 4 is 29.3 Å². The molecule has 3 nitrogen and oxygen atoms in total. The molecule has 0 spiro atoms. The fourth-order valence-corrected chi connectivity index (χ4v) is 4.06. The summed E-state index contributed by atoms with van der Waals surface area (Å²) >= 11 is 7.77. The van der Waals surface area contributed by atoms with Crippen molar-refractivity contribution in [2.75, 3.05) is 12.3 Å². The lowest BCUT2D eigenvalue weighted by Gasteiger charge is -2.25. The maximum atomic E-state index is 12.7. The molecule has 1 fully saturated rings. The number of thioether (sulfide) groups is 1. The Morgan fingerprint density at radius 1 is 1.25 bits per heavy atom. The van der Waals surface area contributed by atoms with Gasteiger partial charge >= 0.3 is 6.18 Å². The second-order valence-electron chi connectivity index (χ2n) is 5.17. The summed E-state index contributed by atoms with van der Waals surface area (Å²) in [5.74, 6) is 0.376. The standard InChI is InChI=1S/C16H12ClF3N2OS/c17-12-4-2-1-3-11(12)15-22(7-8-24-15)14(23)10-5-6-13(21-9-10)16(18,19)20/h1-6,9,15H,7-8H2. The molecule has 2 heterocycles. The van der Waals surface area contributed by atoms with E-state index >= 15 is 0 Å². The first-order valence-electron chi connectivity index (χ1n) is 7.08. The van der Waals surface area contributed by atoms with Crippen LogP contribution in [0.4, 0.5) is 13.2 Å². The van der Waals surface area contributed by atoms with Gasteiger partial charge in [0.1, 0.15) is 11.1 Å². The molecule has 1 amide bonds. The summed E-state index contributed by atoms with van der Waals surface area (Å²) in [5.41, 5.74) is -0.0741. The molecule has 24 heavy (non-hydrogen) atoms. The molecule has 2 aromatic rings. The molecule has 0 N–H and O–H groups in total. The van der Waals surface area contributed by atoms with Gasteiger partial charge in [-0.2, -0.15) is 13.2 Å². The van der Waals surface area contributed by atoms with Gasteiger partial charge in [-0.15, -0.1) is 11.8 Å². The lowest BCUT2D eigenvalue weighted by molar-refractivity contribution is -0.141. The van der Waals surface area contributed by atoms with E-state index in [-0.39, 0.29) is 16.8 Å². The fourth-order valence-electron chi connectivity index (χ4n) is 2.46. The molecule has 3 rings (SSSR count). The Morgan fingerprint density at radius 3 is 2.62 bits per heavy atom. The molecule has 8 heteroatoms. The maximum Gasteiger partial charge on any atom is 0.433 e. The zero-order valence-electron chi connectivity index (χ0n) is 12.3. The van der Waals surface area contributed by atoms with E-state index < -0.39 is 11.9 Å². The van der Waals surface area contributed by atoms with Gasteiger partial charge in [0.15, 0.2) is 0 Å². The number of aromatic nitrogens is 1. The zero-order chi connectivity index (χ0) is 17.3. The maximum absolute atomic E-state index is 12.7. The van der Waals surface area contributed by atoms with Crippen molar-refractivity contribution in [2.24, 2.45) is 0 Å². The van der Waals surface area contributed by atoms with Crippen LogP contribution in [0.25, 0.3) is 0 Å². The third-order valence-corrected chi connectivity index (χ3v) is 5.21. The van der Waals surface area contributed by atoms with Gasteiger partial charge in [0.05, 0.1) is 5.56 Å². The van der Waals surface area contributed by atoms with Crippen LogP contribution >= 0.6 is 23.4 Å². The molecule has 126 valence electrons. The normalized spacial score (nSPS) is 18.0. The summed E-state index contributed by atoms with van der Waals surface area (Å²) in [6, 6.07) is 9.21. The van der Waals surface area contributed by atoms with Gasteiger partial charge in [-0.1, -0.05) is 29.8 Å². The van der Waals surface area contributed by atoms with Crippen LogP contribution < -0.4 is 0 Å². The molecular weight excluding hydrogens is 361 g/mol. The molecule has 1 saturated heterocycles. The predicted octanol–water partition coefficient (Wildman–Crippen LogP) is 4.64. The summed E-state index contributed by atoms with van der Waals surface area (Å²) in [6.45, 7) is 0.500. The van der Waals surface area contributed by atoms with Gasteiger partial charge in [0.2, 0.25) is 0 Å². The number of rotatable bonds is 2. The number of pyridine rings is 1. The molecule has 1 unspecified atom stereocenters. The number of hydrogen-bond donors (Lipinski definition) is 0. The van der Waals surface area contributed by atoms with E-state index in [0.29, 0.717) is 11.6 Å². The minimum atomic E-state index is -4.52. The highest BCUT2D eigenvalue weighted by Gasteiger charge is 2.34. The molecular formula is C16H12ClF3N2OS. The molecule has 1 aliphatic rings. The van der Waals surface area contributed by atoms with Crippen LogP contribution in [0.2, 0.25) is 5.02 Å². The van der Waals surface area contributed by atoms with Gasteiger partial charge < -0.3 is 4.90 Å². The zero-order valence-corrected chi connectivity index (χ0v) is 13.8. The Balaban J connectivity index is 1.85. The Labute approximate surface area is 145 Å². The average molecular weight is 373 g/mol. The van der Waals surface area contributed by atoms with Gasteiger partial charge in [-0.3, -0.25) is 9.78 Å². The number of carbonyl (C=O) groups excluding carboxylic acids is 1. The largest absolute Gasteiger partial charge is 0.433 e. The molecule has 0 radical (unpaired) electrons. The van der Waals surface area contributed by atoms with Crippen molar-refractivity contribution in [3.05, 3.63) is 64.4 Å². The van der Waals surface area contributed by atoms with Crippen molar-refractivity contribution in [3.63, 3.8) is 0 Å². The first-order valence-corrected chi connectivity index (χ1v) is 8.51. The number of benzene rings is 1. The van der Waals surface area contributed by atoms with E-state index in [1.54, 1.807) is 28.8 Å². The number of halogens is 4. The molecule has 0 aliphatic carbocycles. The van der Waals surface area contributed by atoms with E-state index in [4.69, 9.17) is 11.6 Å². The van der Waals surface area contributed by atoms with Gasteiger partial charge in [0, 0.05) is 29.1 Å². The Kier molecular flexibility index (Phi) is 4.73. The highest BCUT2D eigenvalue weighted by molar-refractivity contribution is 7.99. The van der Waals surface area contributed by atoms with Crippen LogP contribution in [0.5, 0.6) is 0 Å². The van der Waals surface area contributed by atoms with Crippen molar-refractivity contribution in [1.29, 1.82) is 0 Å². The monoisotopic (exact) mass is 372 g/mol. The number of carbonyl (C=O) groups is 1. The van der Waals surface area contributed by atoms with Gasteiger partial charge in [-0.25, -0.2) is 0 Å². The van der Waals surface area contributed by atoms with Crippen molar-refractivity contribution < 1.29 is 18.0 Å². The summed E-state index contributed by atoms with van der Waals surface area (Å²) in [7, 11) is 0. The van der Waals surface area contributed by atoms with E-state index in [1.165, 1.54) is 0 Å². The summed E-state index contributed by atoms with van der Waals surface area (Å²) in [5, 5.41) is 0.300. The lowest BCUT2D eigenvalue weighted by atomic mass is 10.1. The highest BCUT2D eigenvalue weighted by atomic mass is 35.5. The second-order valence-corrected chi connectivity index (χ2v) is 6.77.